The first-order chi connectivity index (χ1) is 11.8. The normalized spacial score (nSPS) is 27.1. The van der Waals surface area contributed by atoms with Crippen LogP contribution >= 0.6 is 6.89 Å². The van der Waals surface area contributed by atoms with E-state index in [1.54, 1.807) is 10.9 Å². The van der Waals surface area contributed by atoms with Crippen molar-refractivity contribution in [3.63, 3.8) is 0 Å². The maximum atomic E-state index is 10.5. The number of hydrogen-bond acceptors (Lipinski definition) is 7. The Balaban J connectivity index is 1.85. The average molecular weight is 367 g/mol. The van der Waals surface area contributed by atoms with E-state index < -0.39 is 31.4 Å². The zero-order chi connectivity index (χ0) is 18.2. The molecule has 2 aromatic rings. The third-order valence-electron chi connectivity index (χ3n) is 4.33. The largest absolute Gasteiger partial charge is 0.388 e. The minimum atomic E-state index is -1.22. The number of aliphatic hydroxyl groups is 2. The molecular weight excluding hydrogens is 341 g/mol. The smallest absolute Gasteiger partial charge is 0.167 e. The van der Waals surface area contributed by atoms with Crippen molar-refractivity contribution in [1.29, 1.82) is 0 Å². The van der Waals surface area contributed by atoms with Crippen LogP contribution in [0.1, 0.15) is 19.6 Å². The van der Waals surface area contributed by atoms with Gasteiger partial charge < -0.3 is 20.3 Å². The topological polar surface area (TPSA) is 105 Å². The van der Waals surface area contributed by atoms with E-state index in [-0.39, 0.29) is 0 Å². The third kappa shape index (κ3) is 3.72. The fourth-order valence-corrected chi connectivity index (χ4v) is 3.96. The molecule has 1 aliphatic heterocycles. The van der Waals surface area contributed by atoms with Crippen molar-refractivity contribution in [2.75, 3.05) is 31.4 Å². The summed E-state index contributed by atoms with van der Waals surface area (Å²) in [5.74, 6) is 0.638. The van der Waals surface area contributed by atoms with Gasteiger partial charge in [0, 0.05) is 6.54 Å². The van der Waals surface area contributed by atoms with Crippen molar-refractivity contribution >= 4 is 30.2 Å². The molecule has 1 saturated heterocycles. The number of imidazole rings is 1. The predicted molar refractivity (Wildman–Crippen MR) is 101 cm³/mol. The van der Waals surface area contributed by atoms with Crippen LogP contribution in [-0.4, -0.2) is 80.4 Å². The lowest BCUT2D eigenvalue weighted by Crippen LogP contribution is -2.31. The summed E-state index contributed by atoms with van der Waals surface area (Å²) in [5, 5.41) is 24.0. The lowest BCUT2D eigenvalue weighted by atomic mass is 10.1. The molecule has 1 fully saturated rings. The molecule has 0 radical (unpaired) electrons. The van der Waals surface area contributed by atoms with E-state index >= 15 is 0 Å². The van der Waals surface area contributed by atoms with Gasteiger partial charge in [0.05, 0.1) is 12.4 Å². The summed E-state index contributed by atoms with van der Waals surface area (Å²) in [4.78, 5) is 12.8. The maximum absolute atomic E-state index is 10.5. The molecule has 0 bridgehead atoms. The average Bonchev–Trinajstić information content (AvgIpc) is 3.09. The highest BCUT2D eigenvalue weighted by Crippen LogP contribution is 2.40. The highest BCUT2D eigenvalue weighted by molar-refractivity contribution is 7.72. The Hall–Kier alpha value is -1.47. The first-order valence-corrected chi connectivity index (χ1v) is 11.5. The highest BCUT2D eigenvalue weighted by Gasteiger charge is 2.44. The number of nitrogens with zero attached hydrogens (tertiary/aromatic N) is 4. The van der Waals surface area contributed by atoms with E-state index in [4.69, 9.17) is 4.74 Å². The molecule has 3 heterocycles. The molecule has 4 atom stereocenters. The molecule has 25 heavy (non-hydrogen) atoms. The minimum Gasteiger partial charge on any atom is -0.388 e. The summed E-state index contributed by atoms with van der Waals surface area (Å²) in [6.45, 7) is 5.76. The molecule has 0 aromatic carbocycles. The van der Waals surface area contributed by atoms with Gasteiger partial charge in [-0.25, -0.2) is 15.0 Å². The number of aliphatic hydroxyl groups excluding tert-OH is 2. The molecule has 3 rings (SSSR count). The number of nitrogens with one attached hydrogen (secondary N) is 1. The summed E-state index contributed by atoms with van der Waals surface area (Å²) in [5.41, 5.74) is 1.18. The van der Waals surface area contributed by atoms with Crippen molar-refractivity contribution in [3.8, 4) is 0 Å². The lowest BCUT2D eigenvalue weighted by Gasteiger charge is -2.18. The van der Waals surface area contributed by atoms with Crippen molar-refractivity contribution < 1.29 is 14.9 Å². The van der Waals surface area contributed by atoms with Gasteiger partial charge in [-0.1, -0.05) is 0 Å². The van der Waals surface area contributed by atoms with Crippen molar-refractivity contribution in [2.45, 2.75) is 37.9 Å². The van der Waals surface area contributed by atoms with E-state index in [2.05, 4.69) is 39.9 Å². The summed E-state index contributed by atoms with van der Waals surface area (Å²) >= 11 is 0. The van der Waals surface area contributed by atoms with Crippen LogP contribution in [0.4, 0.5) is 5.82 Å². The van der Waals surface area contributed by atoms with Gasteiger partial charge in [-0.2, -0.15) is 0 Å². The molecule has 1 aliphatic rings. The van der Waals surface area contributed by atoms with Gasteiger partial charge in [-0.15, -0.1) is 13.2 Å². The van der Waals surface area contributed by atoms with Gasteiger partial charge in [0.25, 0.3) is 0 Å². The Bertz CT molecular complexity index is 789. The van der Waals surface area contributed by atoms with E-state index in [1.165, 1.54) is 6.33 Å². The van der Waals surface area contributed by atoms with Crippen molar-refractivity contribution in [1.82, 2.24) is 19.5 Å². The second-order valence-corrected chi connectivity index (χ2v) is 11.4. The van der Waals surface area contributed by atoms with E-state index in [1.807, 2.05) is 6.92 Å². The minimum absolute atomic E-state index is 0.423. The fourth-order valence-electron chi connectivity index (χ4n) is 3.01. The van der Waals surface area contributed by atoms with Crippen LogP contribution in [0.5, 0.6) is 0 Å². The number of hydrogen-bond donors (Lipinski definition) is 3. The molecule has 0 aliphatic carbocycles. The first kappa shape index (κ1) is 18.3. The Labute approximate surface area is 147 Å². The predicted octanol–water partition coefficient (Wildman–Crippen LogP) is 0.977. The first-order valence-electron chi connectivity index (χ1n) is 8.42. The molecule has 8 nitrogen and oxygen atoms in total. The second kappa shape index (κ2) is 7.03. The molecule has 138 valence electrons. The molecule has 0 unspecified atom stereocenters. The third-order valence-corrected chi connectivity index (χ3v) is 5.80. The molecule has 0 spiro atoms. The van der Waals surface area contributed by atoms with Crippen molar-refractivity contribution in [2.24, 2.45) is 0 Å². The van der Waals surface area contributed by atoms with Crippen LogP contribution in [0.25, 0.3) is 11.2 Å². The van der Waals surface area contributed by atoms with Crippen LogP contribution in [0.15, 0.2) is 12.7 Å². The number of anilines is 1. The highest BCUT2D eigenvalue weighted by atomic mass is 31.2. The van der Waals surface area contributed by atoms with Gasteiger partial charge in [0.2, 0.25) is 0 Å². The van der Waals surface area contributed by atoms with E-state index in [0.717, 1.165) is 6.16 Å². The molecule has 3 N–H and O–H groups in total. The van der Waals surface area contributed by atoms with E-state index in [0.29, 0.717) is 29.9 Å². The van der Waals surface area contributed by atoms with Crippen molar-refractivity contribution in [3.05, 3.63) is 12.7 Å². The summed E-state index contributed by atoms with van der Waals surface area (Å²) in [6.07, 6.45) is 5.65. The monoisotopic (exact) mass is 367 g/mol. The molecule has 0 saturated carbocycles. The van der Waals surface area contributed by atoms with Gasteiger partial charge in [-0.05, 0) is 32.8 Å². The van der Waals surface area contributed by atoms with Crippen LogP contribution < -0.4 is 5.32 Å². The second-order valence-electron chi connectivity index (χ2n) is 7.07. The number of rotatable bonds is 6. The fraction of sp³-hybridized carbons (Fsp3) is 0.625. The Kier molecular flexibility index (Phi) is 5.16. The molecule has 2 aromatic heterocycles. The van der Waals surface area contributed by atoms with Gasteiger partial charge >= 0.3 is 0 Å². The maximum Gasteiger partial charge on any atom is 0.167 e. The van der Waals surface area contributed by atoms with Crippen LogP contribution in [0.3, 0.4) is 0 Å². The van der Waals surface area contributed by atoms with Gasteiger partial charge in [-0.3, -0.25) is 4.57 Å². The molecule has 9 heteroatoms. The van der Waals surface area contributed by atoms with Gasteiger partial charge in [0.1, 0.15) is 18.5 Å². The number of aromatic nitrogens is 4. The Morgan fingerprint density at radius 3 is 2.72 bits per heavy atom. The van der Waals surface area contributed by atoms with Gasteiger partial charge in [0.15, 0.2) is 23.2 Å². The standard InChI is InChI=1S/C16H26N5O3P/c1-5-17-14-11-15(19-8-18-14)21(9-20-11)16-13(23)12(22)10(24-16)6-7-25(2,3)4/h8-10,12-13,16,22-23H,2,5-7H2,1,3-4H3,(H,17,18,19)/t10-,12-,13-,16-/m1/s1. The summed E-state index contributed by atoms with van der Waals surface area (Å²) in [6, 6.07) is 0. The number of fused-ring (bicyclic) bond motifs is 1. The lowest BCUT2D eigenvalue weighted by molar-refractivity contribution is -0.0353. The Morgan fingerprint density at radius 2 is 2.04 bits per heavy atom. The molecular formula is C16H26N5O3P. The summed E-state index contributed by atoms with van der Waals surface area (Å²) in [7, 11) is 0. The van der Waals surface area contributed by atoms with Crippen LogP contribution in [0.2, 0.25) is 0 Å². The van der Waals surface area contributed by atoms with Crippen LogP contribution in [0, 0.1) is 0 Å². The quantitative estimate of drug-likeness (QED) is 0.654. The SMILES string of the molecule is C=P(C)(C)CC[C@H]1O[C@@H](n2cnc3c(NCC)ncnc32)[C@H](O)[C@@H]1O. The summed E-state index contributed by atoms with van der Waals surface area (Å²) < 4.78 is 7.63. The number of ether oxygens (including phenoxy) is 1. The molecule has 0 amide bonds. The van der Waals surface area contributed by atoms with Crippen LogP contribution in [-0.2, 0) is 4.74 Å². The zero-order valence-corrected chi connectivity index (χ0v) is 15.7. The Morgan fingerprint density at radius 1 is 1.28 bits per heavy atom. The van der Waals surface area contributed by atoms with E-state index in [9.17, 15) is 10.2 Å². The zero-order valence-electron chi connectivity index (χ0n) is 14.8.